The van der Waals surface area contributed by atoms with E-state index in [0.717, 1.165) is 54.9 Å². The van der Waals surface area contributed by atoms with E-state index in [9.17, 15) is 9.90 Å². The number of likely N-dealkylation sites (tertiary alicyclic amines) is 1. The number of rotatable bonds is 5. The van der Waals surface area contributed by atoms with Crippen molar-refractivity contribution in [2.45, 2.75) is 46.2 Å². The minimum atomic E-state index is -0.267. The minimum Gasteiger partial charge on any atom is -0.507 e. The Hall–Kier alpha value is -3.32. The number of aromatic hydroxyl groups is 1. The molecule has 7 heteroatoms. The van der Waals surface area contributed by atoms with Gasteiger partial charge in [-0.2, -0.15) is 5.10 Å². The van der Waals surface area contributed by atoms with Crippen LogP contribution >= 0.6 is 0 Å². The van der Waals surface area contributed by atoms with Crippen molar-refractivity contribution in [3.63, 3.8) is 0 Å². The molecule has 3 N–H and O–H groups in total. The van der Waals surface area contributed by atoms with Crippen LogP contribution in [-0.4, -0.2) is 38.9 Å². The van der Waals surface area contributed by atoms with Crippen molar-refractivity contribution < 1.29 is 9.90 Å². The number of phenolic OH excluding ortho intramolecular Hbond substituents is 1. The summed E-state index contributed by atoms with van der Waals surface area (Å²) in [7, 11) is 0. The summed E-state index contributed by atoms with van der Waals surface area (Å²) < 4.78 is 1.93. The maximum absolute atomic E-state index is 12.5. The Kier molecular flexibility index (Phi) is 6.46. The fraction of sp³-hybridized carbons (Fsp3) is 0.360. The number of nitrogens with one attached hydrogen (secondary N) is 2. The van der Waals surface area contributed by atoms with E-state index in [1.54, 1.807) is 6.20 Å². The number of piperidine rings is 1. The molecule has 2 amide bonds. The highest BCUT2D eigenvalue weighted by Gasteiger charge is 2.23. The molecule has 1 aliphatic rings. The summed E-state index contributed by atoms with van der Waals surface area (Å²) in [6.45, 7) is 8.64. The first-order valence-electron chi connectivity index (χ1n) is 11.1. The molecular formula is C25H31N5O2. The van der Waals surface area contributed by atoms with Gasteiger partial charge in [0.1, 0.15) is 11.6 Å². The normalized spacial score (nSPS) is 15.0. The second-order valence-corrected chi connectivity index (χ2v) is 8.64. The predicted octanol–water partition coefficient (Wildman–Crippen LogP) is 5.00. The quantitative estimate of drug-likeness (QED) is 0.529. The fourth-order valence-corrected chi connectivity index (χ4v) is 4.40. The van der Waals surface area contributed by atoms with Gasteiger partial charge >= 0.3 is 6.03 Å². The van der Waals surface area contributed by atoms with Crippen LogP contribution in [0.25, 0.3) is 0 Å². The molecule has 1 fully saturated rings. The number of carbonyl (C=O) groups is 1. The number of urea groups is 1. The molecule has 1 aliphatic heterocycles. The third-order valence-corrected chi connectivity index (χ3v) is 6.17. The molecule has 32 heavy (non-hydrogen) atoms. The lowest BCUT2D eigenvalue weighted by molar-refractivity contribution is 0.174. The fourth-order valence-electron chi connectivity index (χ4n) is 4.40. The summed E-state index contributed by atoms with van der Waals surface area (Å²) >= 11 is 0. The topological polar surface area (TPSA) is 82.4 Å². The Bertz CT molecular complexity index is 1080. The highest BCUT2D eigenvalue weighted by atomic mass is 16.3. The van der Waals surface area contributed by atoms with E-state index in [1.807, 2.05) is 55.8 Å². The lowest BCUT2D eigenvalue weighted by Gasteiger charge is -2.32. The molecule has 0 bridgehead atoms. The van der Waals surface area contributed by atoms with E-state index < -0.39 is 0 Å². The molecule has 0 saturated carbocycles. The standard InChI is InChI=1S/C25H31N5O2/c1-17-6-4-5-7-22(17)27-25(32)28-23-8-11-26-30(23)21-9-12-29(13-10-21)16-20-14-18(2)24(31)19(3)15-20/h4-8,11,14-15,21,31H,9-10,12-13,16H2,1-3H3,(H2,27,28,32). The first-order valence-corrected chi connectivity index (χ1v) is 11.1. The molecule has 3 aromatic rings. The van der Waals surface area contributed by atoms with Gasteiger partial charge in [-0.15, -0.1) is 0 Å². The van der Waals surface area contributed by atoms with Gasteiger partial charge in [-0.05, 0) is 61.9 Å². The summed E-state index contributed by atoms with van der Waals surface area (Å²) in [5.74, 6) is 1.09. The van der Waals surface area contributed by atoms with Crippen molar-refractivity contribution in [1.29, 1.82) is 0 Å². The van der Waals surface area contributed by atoms with Gasteiger partial charge < -0.3 is 10.4 Å². The van der Waals surface area contributed by atoms with Crippen molar-refractivity contribution in [1.82, 2.24) is 14.7 Å². The molecule has 0 unspecified atom stereocenters. The number of carbonyl (C=O) groups excluding carboxylic acids is 1. The van der Waals surface area contributed by atoms with E-state index in [0.29, 0.717) is 11.6 Å². The van der Waals surface area contributed by atoms with Crippen molar-refractivity contribution in [2.75, 3.05) is 23.7 Å². The summed E-state index contributed by atoms with van der Waals surface area (Å²) in [5, 5.41) is 20.3. The van der Waals surface area contributed by atoms with Crippen molar-refractivity contribution in [3.8, 4) is 5.75 Å². The van der Waals surface area contributed by atoms with Gasteiger partial charge in [0.25, 0.3) is 0 Å². The molecule has 0 aliphatic carbocycles. The molecule has 168 valence electrons. The van der Waals surface area contributed by atoms with Crippen LogP contribution in [0, 0.1) is 20.8 Å². The number of aryl methyl sites for hydroxylation is 3. The molecule has 7 nitrogen and oxygen atoms in total. The largest absolute Gasteiger partial charge is 0.507 e. The molecule has 0 spiro atoms. The van der Waals surface area contributed by atoms with E-state index in [2.05, 4.69) is 32.8 Å². The average molecular weight is 434 g/mol. The molecule has 1 saturated heterocycles. The first kappa shape index (κ1) is 21.9. The zero-order valence-electron chi connectivity index (χ0n) is 18.9. The minimum absolute atomic E-state index is 0.248. The van der Waals surface area contributed by atoms with Gasteiger partial charge in [-0.25, -0.2) is 9.48 Å². The Labute approximate surface area is 189 Å². The predicted molar refractivity (Wildman–Crippen MR) is 127 cm³/mol. The summed E-state index contributed by atoms with van der Waals surface area (Å²) in [4.78, 5) is 14.9. The molecule has 0 atom stereocenters. The summed E-state index contributed by atoms with van der Waals surface area (Å²) in [5.41, 5.74) is 4.88. The molecule has 2 aromatic carbocycles. The van der Waals surface area contributed by atoms with E-state index in [4.69, 9.17) is 0 Å². The second kappa shape index (κ2) is 9.44. The third kappa shape index (κ3) is 4.94. The van der Waals surface area contributed by atoms with Crippen LogP contribution in [-0.2, 0) is 6.54 Å². The van der Waals surface area contributed by atoms with Gasteiger partial charge in [-0.3, -0.25) is 10.2 Å². The zero-order chi connectivity index (χ0) is 22.7. The number of para-hydroxylation sites is 1. The van der Waals surface area contributed by atoms with E-state index in [1.165, 1.54) is 5.56 Å². The number of phenols is 1. The van der Waals surface area contributed by atoms with Crippen LogP contribution in [0.2, 0.25) is 0 Å². The lowest BCUT2D eigenvalue weighted by atomic mass is 10.0. The Morgan fingerprint density at radius 2 is 1.72 bits per heavy atom. The molecular weight excluding hydrogens is 402 g/mol. The smallest absolute Gasteiger partial charge is 0.324 e. The van der Waals surface area contributed by atoms with Crippen LogP contribution in [0.1, 0.15) is 41.1 Å². The van der Waals surface area contributed by atoms with Crippen molar-refractivity contribution >= 4 is 17.5 Å². The van der Waals surface area contributed by atoms with Gasteiger partial charge in [0, 0.05) is 31.4 Å². The third-order valence-electron chi connectivity index (χ3n) is 6.17. The number of amides is 2. The van der Waals surface area contributed by atoms with Gasteiger partial charge in [0.2, 0.25) is 0 Å². The monoisotopic (exact) mass is 433 g/mol. The lowest BCUT2D eigenvalue weighted by Crippen LogP contribution is -2.35. The van der Waals surface area contributed by atoms with Gasteiger partial charge in [0.15, 0.2) is 0 Å². The highest BCUT2D eigenvalue weighted by Crippen LogP contribution is 2.28. The number of hydrogen-bond acceptors (Lipinski definition) is 4. The molecule has 0 radical (unpaired) electrons. The van der Waals surface area contributed by atoms with Crippen LogP contribution in [0.5, 0.6) is 5.75 Å². The van der Waals surface area contributed by atoms with Gasteiger partial charge in [-0.1, -0.05) is 30.3 Å². The Balaban J connectivity index is 1.34. The molecule has 1 aromatic heterocycles. The highest BCUT2D eigenvalue weighted by molar-refractivity contribution is 5.99. The molecule has 2 heterocycles. The molecule has 4 rings (SSSR count). The second-order valence-electron chi connectivity index (χ2n) is 8.64. The first-order chi connectivity index (χ1) is 15.4. The number of anilines is 2. The van der Waals surface area contributed by atoms with Crippen LogP contribution in [0.4, 0.5) is 16.3 Å². The SMILES string of the molecule is Cc1ccccc1NC(=O)Nc1ccnn1C1CCN(Cc2cc(C)c(O)c(C)c2)CC1. The van der Waals surface area contributed by atoms with Crippen LogP contribution in [0.15, 0.2) is 48.7 Å². The van der Waals surface area contributed by atoms with Crippen molar-refractivity contribution in [2.24, 2.45) is 0 Å². The number of nitrogens with zero attached hydrogens (tertiary/aromatic N) is 3. The van der Waals surface area contributed by atoms with E-state index in [-0.39, 0.29) is 12.1 Å². The maximum atomic E-state index is 12.5. The summed E-state index contributed by atoms with van der Waals surface area (Å²) in [6, 6.07) is 13.7. The van der Waals surface area contributed by atoms with Crippen molar-refractivity contribution in [3.05, 3.63) is 70.9 Å². The van der Waals surface area contributed by atoms with Gasteiger partial charge in [0.05, 0.1) is 12.2 Å². The Morgan fingerprint density at radius 1 is 1.03 bits per heavy atom. The zero-order valence-corrected chi connectivity index (χ0v) is 18.9. The van der Waals surface area contributed by atoms with E-state index >= 15 is 0 Å². The van der Waals surface area contributed by atoms with Crippen LogP contribution in [0.3, 0.4) is 0 Å². The number of hydrogen-bond donors (Lipinski definition) is 3. The van der Waals surface area contributed by atoms with Crippen LogP contribution < -0.4 is 10.6 Å². The Morgan fingerprint density at radius 3 is 2.41 bits per heavy atom. The summed E-state index contributed by atoms with van der Waals surface area (Å²) in [6.07, 6.45) is 3.66. The number of benzene rings is 2. The maximum Gasteiger partial charge on any atom is 0.324 e. The average Bonchev–Trinajstić information content (AvgIpc) is 3.22. The number of aromatic nitrogens is 2.